The first-order chi connectivity index (χ1) is 8.13. The van der Waals surface area contributed by atoms with Gasteiger partial charge in [0.05, 0.1) is 6.10 Å². The van der Waals surface area contributed by atoms with Crippen LogP contribution in [0.25, 0.3) is 0 Å². The number of hydrogen-bond acceptors (Lipinski definition) is 2. The first kappa shape index (κ1) is 14.2. The minimum absolute atomic E-state index is 0.300. The fraction of sp³-hybridized carbons (Fsp3) is 0.600. The van der Waals surface area contributed by atoms with Crippen molar-refractivity contribution in [3.05, 3.63) is 35.9 Å². The molecule has 1 aromatic rings. The Labute approximate surface area is 105 Å². The van der Waals surface area contributed by atoms with Crippen LogP contribution in [0.15, 0.2) is 30.3 Å². The average Bonchev–Trinajstić information content (AvgIpc) is 2.35. The normalized spacial score (nSPS) is 14.9. The van der Waals surface area contributed by atoms with Crippen molar-refractivity contribution in [3.8, 4) is 0 Å². The molecular formula is C15H25NO. The summed E-state index contributed by atoms with van der Waals surface area (Å²) in [6.07, 6.45) is 1.36. The number of rotatable bonds is 7. The van der Waals surface area contributed by atoms with Crippen LogP contribution in [0.5, 0.6) is 0 Å². The SMILES string of the molecule is COC(C)CC(CNC(C)C)c1ccccc1. The van der Waals surface area contributed by atoms with Crippen molar-refractivity contribution in [3.63, 3.8) is 0 Å². The van der Waals surface area contributed by atoms with Crippen LogP contribution in [0.4, 0.5) is 0 Å². The maximum Gasteiger partial charge on any atom is 0.0549 e. The zero-order valence-corrected chi connectivity index (χ0v) is 11.4. The second-order valence-electron chi connectivity index (χ2n) is 4.95. The molecule has 0 amide bonds. The number of benzene rings is 1. The number of nitrogens with one attached hydrogen (secondary N) is 1. The van der Waals surface area contributed by atoms with E-state index in [-0.39, 0.29) is 0 Å². The van der Waals surface area contributed by atoms with Gasteiger partial charge in [0.25, 0.3) is 0 Å². The van der Waals surface area contributed by atoms with Gasteiger partial charge in [-0.1, -0.05) is 44.2 Å². The summed E-state index contributed by atoms with van der Waals surface area (Å²) in [6, 6.07) is 11.2. The Morgan fingerprint density at radius 3 is 2.29 bits per heavy atom. The van der Waals surface area contributed by atoms with Crippen molar-refractivity contribution in [1.29, 1.82) is 0 Å². The minimum Gasteiger partial charge on any atom is -0.382 e. The van der Waals surface area contributed by atoms with Crippen LogP contribution >= 0.6 is 0 Å². The Hall–Kier alpha value is -0.860. The van der Waals surface area contributed by atoms with Gasteiger partial charge in [0, 0.05) is 19.7 Å². The highest BCUT2D eigenvalue weighted by atomic mass is 16.5. The molecule has 0 aliphatic heterocycles. The van der Waals surface area contributed by atoms with E-state index in [0.29, 0.717) is 18.1 Å². The standard InChI is InChI=1S/C15H25NO/c1-12(2)16-11-15(10-13(3)17-4)14-8-6-5-7-9-14/h5-9,12-13,15-16H,10-11H2,1-4H3. The fourth-order valence-electron chi connectivity index (χ4n) is 1.94. The molecule has 0 fully saturated rings. The molecular weight excluding hydrogens is 210 g/mol. The molecule has 0 saturated heterocycles. The van der Waals surface area contributed by atoms with Crippen molar-refractivity contribution in [1.82, 2.24) is 5.32 Å². The van der Waals surface area contributed by atoms with E-state index in [1.807, 2.05) is 0 Å². The average molecular weight is 235 g/mol. The Morgan fingerprint density at radius 2 is 1.76 bits per heavy atom. The van der Waals surface area contributed by atoms with Crippen LogP contribution in [0.3, 0.4) is 0 Å². The molecule has 0 bridgehead atoms. The molecule has 2 atom stereocenters. The monoisotopic (exact) mass is 235 g/mol. The maximum atomic E-state index is 5.38. The van der Waals surface area contributed by atoms with E-state index in [9.17, 15) is 0 Å². The second-order valence-corrected chi connectivity index (χ2v) is 4.95. The molecule has 1 N–H and O–H groups in total. The Morgan fingerprint density at radius 1 is 1.12 bits per heavy atom. The third kappa shape index (κ3) is 5.33. The molecule has 2 nitrogen and oxygen atoms in total. The lowest BCUT2D eigenvalue weighted by Gasteiger charge is -2.22. The Bertz CT molecular complexity index is 297. The fourth-order valence-corrected chi connectivity index (χ4v) is 1.94. The molecule has 0 saturated carbocycles. The van der Waals surface area contributed by atoms with Crippen molar-refractivity contribution < 1.29 is 4.74 Å². The lowest BCUT2D eigenvalue weighted by molar-refractivity contribution is 0.104. The Kier molecular flexibility index (Phi) is 6.23. The van der Waals surface area contributed by atoms with E-state index < -0.39 is 0 Å². The van der Waals surface area contributed by atoms with E-state index in [4.69, 9.17) is 4.74 Å². The number of hydrogen-bond donors (Lipinski definition) is 1. The van der Waals surface area contributed by atoms with Gasteiger partial charge in [-0.25, -0.2) is 0 Å². The van der Waals surface area contributed by atoms with Crippen LogP contribution in [-0.4, -0.2) is 25.8 Å². The van der Waals surface area contributed by atoms with Gasteiger partial charge in [0.1, 0.15) is 0 Å². The smallest absolute Gasteiger partial charge is 0.0549 e. The van der Waals surface area contributed by atoms with Gasteiger partial charge in [-0.2, -0.15) is 0 Å². The second kappa shape index (κ2) is 7.46. The van der Waals surface area contributed by atoms with Crippen molar-refractivity contribution >= 4 is 0 Å². The van der Waals surface area contributed by atoms with Crippen molar-refractivity contribution in [2.45, 2.75) is 45.3 Å². The zero-order valence-electron chi connectivity index (χ0n) is 11.4. The predicted molar refractivity (Wildman–Crippen MR) is 73.4 cm³/mol. The summed E-state index contributed by atoms with van der Waals surface area (Å²) in [7, 11) is 1.78. The molecule has 0 aliphatic rings. The molecule has 2 heteroatoms. The molecule has 2 unspecified atom stereocenters. The number of ether oxygens (including phenoxy) is 1. The molecule has 0 spiro atoms. The van der Waals surface area contributed by atoms with Gasteiger partial charge in [-0.3, -0.25) is 0 Å². The van der Waals surface area contributed by atoms with E-state index in [1.165, 1.54) is 5.56 Å². The summed E-state index contributed by atoms with van der Waals surface area (Å²) in [5.74, 6) is 0.522. The van der Waals surface area contributed by atoms with E-state index in [1.54, 1.807) is 7.11 Å². The predicted octanol–water partition coefficient (Wildman–Crippen LogP) is 3.19. The molecule has 1 rings (SSSR count). The molecule has 0 aromatic heterocycles. The third-order valence-corrected chi connectivity index (χ3v) is 3.06. The molecule has 17 heavy (non-hydrogen) atoms. The topological polar surface area (TPSA) is 21.3 Å². The van der Waals surface area contributed by atoms with E-state index in [0.717, 1.165) is 13.0 Å². The third-order valence-electron chi connectivity index (χ3n) is 3.06. The van der Waals surface area contributed by atoms with Gasteiger partial charge >= 0.3 is 0 Å². The highest BCUT2D eigenvalue weighted by molar-refractivity contribution is 5.20. The highest BCUT2D eigenvalue weighted by Gasteiger charge is 2.15. The van der Waals surface area contributed by atoms with Crippen molar-refractivity contribution in [2.24, 2.45) is 0 Å². The summed E-state index contributed by atoms with van der Waals surface area (Å²) in [4.78, 5) is 0. The summed E-state index contributed by atoms with van der Waals surface area (Å²) < 4.78 is 5.38. The van der Waals surface area contributed by atoms with Crippen LogP contribution in [0, 0.1) is 0 Å². The summed E-state index contributed by atoms with van der Waals surface area (Å²) in [5.41, 5.74) is 1.39. The number of methoxy groups -OCH3 is 1. The lowest BCUT2D eigenvalue weighted by Crippen LogP contribution is -2.29. The van der Waals surface area contributed by atoms with Crippen molar-refractivity contribution in [2.75, 3.05) is 13.7 Å². The zero-order chi connectivity index (χ0) is 12.7. The largest absolute Gasteiger partial charge is 0.382 e. The molecule has 96 valence electrons. The van der Waals surface area contributed by atoms with Gasteiger partial charge in [0.15, 0.2) is 0 Å². The maximum absolute atomic E-state index is 5.38. The van der Waals surface area contributed by atoms with Crippen LogP contribution < -0.4 is 5.32 Å². The van der Waals surface area contributed by atoms with Gasteiger partial charge in [-0.05, 0) is 24.8 Å². The first-order valence-electron chi connectivity index (χ1n) is 6.44. The van der Waals surface area contributed by atoms with Crippen LogP contribution in [-0.2, 0) is 4.74 Å². The lowest BCUT2D eigenvalue weighted by atomic mass is 9.93. The van der Waals surface area contributed by atoms with Gasteiger partial charge < -0.3 is 10.1 Å². The Balaban J connectivity index is 2.65. The van der Waals surface area contributed by atoms with Gasteiger partial charge in [-0.15, -0.1) is 0 Å². The van der Waals surface area contributed by atoms with Crippen LogP contribution in [0.1, 0.15) is 38.7 Å². The first-order valence-corrected chi connectivity index (χ1v) is 6.44. The summed E-state index contributed by atoms with van der Waals surface area (Å²) in [6.45, 7) is 7.50. The van der Waals surface area contributed by atoms with Gasteiger partial charge in [0.2, 0.25) is 0 Å². The molecule has 0 heterocycles. The van der Waals surface area contributed by atoms with Crippen LogP contribution in [0.2, 0.25) is 0 Å². The van der Waals surface area contributed by atoms with E-state index >= 15 is 0 Å². The molecule has 0 aliphatic carbocycles. The highest BCUT2D eigenvalue weighted by Crippen LogP contribution is 2.21. The minimum atomic E-state index is 0.300. The summed E-state index contributed by atoms with van der Waals surface area (Å²) >= 11 is 0. The molecule has 0 radical (unpaired) electrons. The van der Waals surface area contributed by atoms with E-state index in [2.05, 4.69) is 56.4 Å². The molecule has 1 aromatic carbocycles. The quantitative estimate of drug-likeness (QED) is 0.783. The summed E-state index contributed by atoms with van der Waals surface area (Å²) in [5, 5.41) is 3.52.